The zero-order valence-electron chi connectivity index (χ0n) is 10.1. The molecule has 2 unspecified atom stereocenters. The van der Waals surface area contributed by atoms with E-state index in [-0.39, 0.29) is 17.9 Å². The lowest BCUT2D eigenvalue weighted by molar-refractivity contribution is -0.126. The molecule has 0 bridgehead atoms. The molecular weight excluding hydrogens is 208 g/mol. The molecule has 94 valence electrons. The molecule has 5 heteroatoms. The van der Waals surface area contributed by atoms with E-state index >= 15 is 0 Å². The monoisotopic (exact) mass is 230 g/mol. The number of carbonyl (C=O) groups is 1. The molecule has 2 N–H and O–H groups in total. The summed E-state index contributed by atoms with van der Waals surface area (Å²) < 4.78 is 10.2. The Morgan fingerprint density at radius 1 is 1.56 bits per heavy atom. The van der Waals surface area contributed by atoms with Crippen molar-refractivity contribution in [2.45, 2.75) is 18.9 Å². The minimum absolute atomic E-state index is 0.0644. The van der Waals surface area contributed by atoms with Gasteiger partial charge in [0.05, 0.1) is 18.6 Å². The molecule has 1 saturated heterocycles. The molecule has 2 atom stereocenters. The lowest BCUT2D eigenvalue weighted by Gasteiger charge is -2.23. The molecule has 1 rings (SSSR count). The van der Waals surface area contributed by atoms with E-state index < -0.39 is 0 Å². The zero-order chi connectivity index (χ0) is 11.8. The van der Waals surface area contributed by atoms with E-state index in [0.29, 0.717) is 13.2 Å². The maximum absolute atomic E-state index is 11.8. The Kier molecular flexibility index (Phi) is 6.37. The van der Waals surface area contributed by atoms with Gasteiger partial charge in [0.2, 0.25) is 5.91 Å². The molecule has 0 aromatic heterocycles. The summed E-state index contributed by atoms with van der Waals surface area (Å²) in [6.07, 6.45) is 1.98. The first-order valence-electron chi connectivity index (χ1n) is 5.78. The summed E-state index contributed by atoms with van der Waals surface area (Å²) in [5.74, 6) is 0.221. The Morgan fingerprint density at radius 3 is 2.94 bits per heavy atom. The van der Waals surface area contributed by atoms with Crippen LogP contribution in [0.3, 0.4) is 0 Å². The fraction of sp³-hybridized carbons (Fsp3) is 0.909. The fourth-order valence-electron chi connectivity index (χ4n) is 1.83. The second-order valence-electron chi connectivity index (χ2n) is 4.10. The molecule has 0 radical (unpaired) electrons. The Labute approximate surface area is 96.9 Å². The summed E-state index contributed by atoms with van der Waals surface area (Å²) in [6, 6.07) is 0. The van der Waals surface area contributed by atoms with E-state index in [1.54, 1.807) is 14.2 Å². The topological polar surface area (TPSA) is 59.6 Å². The van der Waals surface area contributed by atoms with Gasteiger partial charge in [-0.15, -0.1) is 0 Å². The Hall–Kier alpha value is -0.650. The third-order valence-corrected chi connectivity index (χ3v) is 2.86. The van der Waals surface area contributed by atoms with E-state index in [2.05, 4.69) is 10.6 Å². The number of carbonyl (C=O) groups excluding carboxylic acids is 1. The first-order valence-corrected chi connectivity index (χ1v) is 5.78. The first kappa shape index (κ1) is 13.4. The lowest BCUT2D eigenvalue weighted by Crippen LogP contribution is -2.43. The minimum Gasteiger partial charge on any atom is -0.382 e. The SMILES string of the molecule is COCC(CNC(=O)C1CCCNC1)OC. The smallest absolute Gasteiger partial charge is 0.224 e. The van der Waals surface area contributed by atoms with Crippen LogP contribution in [0.2, 0.25) is 0 Å². The van der Waals surface area contributed by atoms with E-state index in [9.17, 15) is 4.79 Å². The molecule has 0 saturated carbocycles. The van der Waals surface area contributed by atoms with Crippen LogP contribution >= 0.6 is 0 Å². The third-order valence-electron chi connectivity index (χ3n) is 2.86. The predicted octanol–water partition coefficient (Wildman–Crippen LogP) is -0.236. The average Bonchev–Trinajstić information content (AvgIpc) is 2.35. The van der Waals surface area contributed by atoms with Crippen molar-refractivity contribution in [2.24, 2.45) is 5.92 Å². The van der Waals surface area contributed by atoms with Crippen LogP contribution in [-0.4, -0.2) is 52.5 Å². The third kappa shape index (κ3) is 4.47. The van der Waals surface area contributed by atoms with E-state index in [4.69, 9.17) is 9.47 Å². The number of methoxy groups -OCH3 is 2. The molecule has 5 nitrogen and oxygen atoms in total. The number of hydrogen-bond donors (Lipinski definition) is 2. The maximum Gasteiger partial charge on any atom is 0.224 e. The average molecular weight is 230 g/mol. The second-order valence-corrected chi connectivity index (χ2v) is 4.10. The molecular formula is C11H22N2O3. The van der Waals surface area contributed by atoms with Crippen molar-refractivity contribution in [3.05, 3.63) is 0 Å². The van der Waals surface area contributed by atoms with Crippen LogP contribution in [0.4, 0.5) is 0 Å². The lowest BCUT2D eigenvalue weighted by atomic mass is 9.99. The van der Waals surface area contributed by atoms with Gasteiger partial charge in [-0.25, -0.2) is 0 Å². The highest BCUT2D eigenvalue weighted by Crippen LogP contribution is 2.09. The number of ether oxygens (including phenoxy) is 2. The van der Waals surface area contributed by atoms with Crippen LogP contribution in [0.5, 0.6) is 0 Å². The normalized spacial score (nSPS) is 22.8. The summed E-state index contributed by atoms with van der Waals surface area (Å²) in [7, 11) is 3.25. The van der Waals surface area contributed by atoms with Gasteiger partial charge in [0.25, 0.3) is 0 Å². The molecule has 1 heterocycles. The van der Waals surface area contributed by atoms with Crippen LogP contribution in [0, 0.1) is 5.92 Å². The molecule has 0 aliphatic carbocycles. The quantitative estimate of drug-likeness (QED) is 0.661. The molecule has 16 heavy (non-hydrogen) atoms. The van der Waals surface area contributed by atoms with Crippen molar-refractivity contribution >= 4 is 5.91 Å². The van der Waals surface area contributed by atoms with Gasteiger partial charge in [-0.2, -0.15) is 0 Å². The summed E-state index contributed by atoms with van der Waals surface area (Å²) in [4.78, 5) is 11.8. The van der Waals surface area contributed by atoms with Gasteiger partial charge < -0.3 is 20.1 Å². The van der Waals surface area contributed by atoms with E-state index in [0.717, 1.165) is 25.9 Å². The van der Waals surface area contributed by atoms with Gasteiger partial charge in [0.1, 0.15) is 0 Å². The first-order chi connectivity index (χ1) is 7.77. The Balaban J connectivity index is 2.22. The van der Waals surface area contributed by atoms with Crippen molar-refractivity contribution in [1.82, 2.24) is 10.6 Å². The summed E-state index contributed by atoms with van der Waals surface area (Å²) in [5, 5.41) is 6.13. The standard InChI is InChI=1S/C11H22N2O3/c1-15-8-10(16-2)7-13-11(14)9-4-3-5-12-6-9/h9-10,12H,3-8H2,1-2H3,(H,13,14). The molecule has 0 aromatic rings. The van der Waals surface area contributed by atoms with Gasteiger partial charge in [0, 0.05) is 27.3 Å². The van der Waals surface area contributed by atoms with Gasteiger partial charge in [-0.05, 0) is 19.4 Å². The number of rotatable bonds is 6. The van der Waals surface area contributed by atoms with Crippen LogP contribution in [-0.2, 0) is 14.3 Å². The van der Waals surface area contributed by atoms with Crippen molar-refractivity contribution in [3.63, 3.8) is 0 Å². The molecule has 0 aromatic carbocycles. The molecule has 1 amide bonds. The minimum atomic E-state index is -0.0644. The van der Waals surface area contributed by atoms with Gasteiger partial charge in [-0.3, -0.25) is 4.79 Å². The predicted molar refractivity (Wildman–Crippen MR) is 61.3 cm³/mol. The van der Waals surface area contributed by atoms with Crippen LogP contribution in [0.1, 0.15) is 12.8 Å². The highest BCUT2D eigenvalue weighted by atomic mass is 16.5. The van der Waals surface area contributed by atoms with Crippen LogP contribution < -0.4 is 10.6 Å². The van der Waals surface area contributed by atoms with Crippen LogP contribution in [0.15, 0.2) is 0 Å². The highest BCUT2D eigenvalue weighted by Gasteiger charge is 2.21. The van der Waals surface area contributed by atoms with Crippen molar-refractivity contribution in [2.75, 3.05) is 40.5 Å². The van der Waals surface area contributed by atoms with Crippen LogP contribution in [0.25, 0.3) is 0 Å². The number of amides is 1. The summed E-state index contributed by atoms with van der Waals surface area (Å²) >= 11 is 0. The van der Waals surface area contributed by atoms with E-state index in [1.165, 1.54) is 0 Å². The maximum atomic E-state index is 11.8. The Morgan fingerprint density at radius 2 is 2.38 bits per heavy atom. The van der Waals surface area contributed by atoms with Gasteiger partial charge in [0.15, 0.2) is 0 Å². The van der Waals surface area contributed by atoms with Crippen molar-refractivity contribution in [1.29, 1.82) is 0 Å². The molecule has 1 aliphatic rings. The van der Waals surface area contributed by atoms with Crippen molar-refractivity contribution < 1.29 is 14.3 Å². The second kappa shape index (κ2) is 7.60. The van der Waals surface area contributed by atoms with E-state index in [1.807, 2.05) is 0 Å². The summed E-state index contributed by atoms with van der Waals surface area (Å²) in [5.41, 5.74) is 0. The zero-order valence-corrected chi connectivity index (χ0v) is 10.1. The highest BCUT2D eigenvalue weighted by molar-refractivity contribution is 5.78. The number of piperidine rings is 1. The number of nitrogens with one attached hydrogen (secondary N) is 2. The molecule has 1 aliphatic heterocycles. The summed E-state index contributed by atoms with van der Waals surface area (Å²) in [6.45, 7) is 2.82. The largest absolute Gasteiger partial charge is 0.382 e. The Bertz CT molecular complexity index is 205. The van der Waals surface area contributed by atoms with Gasteiger partial charge >= 0.3 is 0 Å². The van der Waals surface area contributed by atoms with Crippen molar-refractivity contribution in [3.8, 4) is 0 Å². The molecule has 1 fully saturated rings. The van der Waals surface area contributed by atoms with Gasteiger partial charge in [-0.1, -0.05) is 0 Å². The fourth-order valence-corrected chi connectivity index (χ4v) is 1.83. The molecule has 0 spiro atoms. The number of hydrogen-bond acceptors (Lipinski definition) is 4.